The molecule has 0 amide bonds. The third kappa shape index (κ3) is 3.63. The van der Waals surface area contributed by atoms with E-state index in [1.807, 2.05) is 28.8 Å². The molecule has 6 nitrogen and oxygen atoms in total. The molecule has 2 aliphatic carbocycles. The summed E-state index contributed by atoms with van der Waals surface area (Å²) in [6, 6.07) is 8.04. The summed E-state index contributed by atoms with van der Waals surface area (Å²) >= 11 is 0. The zero-order chi connectivity index (χ0) is 20.7. The lowest BCUT2D eigenvalue weighted by Crippen LogP contribution is -2.42. The van der Waals surface area contributed by atoms with E-state index in [1.165, 1.54) is 45.1 Å². The third-order valence-corrected chi connectivity index (χ3v) is 8.11. The van der Waals surface area contributed by atoms with Gasteiger partial charge in [0.25, 0.3) is 0 Å². The number of imidazole rings is 1. The summed E-state index contributed by atoms with van der Waals surface area (Å²) in [5.74, 6) is 0.882. The molecular formula is C24H35N3O3. The summed E-state index contributed by atoms with van der Waals surface area (Å²) < 4.78 is 3.57. The van der Waals surface area contributed by atoms with E-state index in [4.69, 9.17) is 0 Å². The molecule has 0 bridgehead atoms. The minimum atomic E-state index is -0.922. The van der Waals surface area contributed by atoms with Crippen molar-refractivity contribution in [2.75, 3.05) is 26.2 Å². The Bertz CT molecular complexity index is 937. The topological polar surface area (TPSA) is 70.6 Å². The molecule has 2 atom stereocenters. The third-order valence-electron chi connectivity index (χ3n) is 8.11. The van der Waals surface area contributed by atoms with Crippen molar-refractivity contribution in [2.45, 2.75) is 70.1 Å². The van der Waals surface area contributed by atoms with Gasteiger partial charge in [0.05, 0.1) is 30.3 Å². The number of hydrogen-bond acceptors (Lipinski definition) is 4. The Morgan fingerprint density at radius 3 is 2.47 bits per heavy atom. The van der Waals surface area contributed by atoms with Crippen molar-refractivity contribution in [3.05, 3.63) is 34.7 Å². The molecule has 5 rings (SSSR count). The first kappa shape index (κ1) is 20.3. The zero-order valence-corrected chi connectivity index (χ0v) is 17.9. The van der Waals surface area contributed by atoms with Gasteiger partial charge in [-0.25, -0.2) is 4.79 Å². The number of rotatable bonds is 6. The maximum Gasteiger partial charge on any atom is 0.329 e. The summed E-state index contributed by atoms with van der Waals surface area (Å²) in [6.07, 6.45) is 9.64. The average Bonchev–Trinajstić information content (AvgIpc) is 3.49. The van der Waals surface area contributed by atoms with Gasteiger partial charge in [0.2, 0.25) is 0 Å². The van der Waals surface area contributed by atoms with Gasteiger partial charge in [-0.05, 0) is 62.0 Å². The summed E-state index contributed by atoms with van der Waals surface area (Å²) in [7, 11) is 0. The number of nitrogens with zero attached hydrogens (tertiary/aromatic N) is 3. The molecule has 2 saturated carbocycles. The smallest absolute Gasteiger partial charge is 0.329 e. The molecule has 2 aromatic rings. The fraction of sp³-hybridized carbons (Fsp3) is 0.708. The lowest BCUT2D eigenvalue weighted by molar-refractivity contribution is 0.0807. The maximum atomic E-state index is 13.3. The van der Waals surface area contributed by atoms with Gasteiger partial charge in [-0.1, -0.05) is 25.0 Å². The first-order chi connectivity index (χ1) is 14.6. The van der Waals surface area contributed by atoms with Crippen LogP contribution in [0.25, 0.3) is 11.0 Å². The molecule has 6 heteroatoms. The Kier molecular flexibility index (Phi) is 5.50. The highest BCUT2D eigenvalue weighted by molar-refractivity contribution is 5.76. The number of aliphatic hydroxyl groups is 2. The second-order valence-corrected chi connectivity index (χ2v) is 9.93. The Balaban J connectivity index is 1.31. The van der Waals surface area contributed by atoms with Crippen molar-refractivity contribution < 1.29 is 10.2 Å². The Hall–Kier alpha value is -1.63. The van der Waals surface area contributed by atoms with Crippen molar-refractivity contribution in [1.29, 1.82) is 0 Å². The van der Waals surface area contributed by atoms with Crippen LogP contribution in [-0.4, -0.2) is 56.6 Å². The number of benzene rings is 1. The zero-order valence-electron chi connectivity index (χ0n) is 17.9. The summed E-state index contributed by atoms with van der Waals surface area (Å²) in [4.78, 5) is 15.9. The summed E-state index contributed by atoms with van der Waals surface area (Å²) in [5, 5.41) is 19.2. The van der Waals surface area contributed by atoms with Crippen LogP contribution < -0.4 is 5.69 Å². The van der Waals surface area contributed by atoms with Gasteiger partial charge in [0.1, 0.15) is 0 Å². The maximum absolute atomic E-state index is 13.3. The van der Waals surface area contributed by atoms with Crippen LogP contribution in [-0.2, 0) is 6.54 Å². The molecule has 2 N–H and O–H groups in total. The molecule has 1 spiro atoms. The lowest BCUT2D eigenvalue weighted by atomic mass is 9.76. The highest BCUT2D eigenvalue weighted by Crippen LogP contribution is 2.59. The predicted molar refractivity (Wildman–Crippen MR) is 118 cm³/mol. The number of aliphatic hydroxyl groups excluding tert-OH is 2. The normalized spacial score (nSPS) is 25.7. The van der Waals surface area contributed by atoms with Crippen molar-refractivity contribution >= 4 is 11.0 Å². The highest BCUT2D eigenvalue weighted by Gasteiger charge is 2.50. The van der Waals surface area contributed by atoms with E-state index >= 15 is 0 Å². The number of piperidine rings is 1. The lowest BCUT2D eigenvalue weighted by Gasteiger charge is -2.39. The van der Waals surface area contributed by atoms with Crippen LogP contribution in [0.4, 0.5) is 0 Å². The molecule has 1 aromatic carbocycles. The van der Waals surface area contributed by atoms with Crippen molar-refractivity contribution in [3.8, 4) is 0 Å². The second-order valence-electron chi connectivity index (χ2n) is 9.93. The van der Waals surface area contributed by atoms with E-state index < -0.39 is 6.10 Å². The number of fused-ring (bicyclic) bond motifs is 1. The van der Waals surface area contributed by atoms with Crippen LogP contribution in [0.2, 0.25) is 0 Å². The minimum absolute atomic E-state index is 0.0636. The monoisotopic (exact) mass is 413 g/mol. The van der Waals surface area contributed by atoms with Gasteiger partial charge in [0.15, 0.2) is 0 Å². The quantitative estimate of drug-likeness (QED) is 0.764. The van der Waals surface area contributed by atoms with Gasteiger partial charge in [-0.3, -0.25) is 9.13 Å². The number of para-hydroxylation sites is 2. The molecule has 30 heavy (non-hydrogen) atoms. The first-order valence-corrected chi connectivity index (χ1v) is 11.8. The fourth-order valence-electron chi connectivity index (χ4n) is 6.18. The van der Waals surface area contributed by atoms with Crippen molar-refractivity contribution in [2.24, 2.45) is 11.3 Å². The molecule has 3 fully saturated rings. The Morgan fingerprint density at radius 1 is 1.03 bits per heavy atom. The van der Waals surface area contributed by atoms with E-state index in [-0.39, 0.29) is 24.9 Å². The molecule has 3 aliphatic rings. The fourth-order valence-corrected chi connectivity index (χ4v) is 6.18. The minimum Gasteiger partial charge on any atom is -0.394 e. The van der Waals surface area contributed by atoms with Crippen LogP contribution in [0.3, 0.4) is 0 Å². The first-order valence-electron chi connectivity index (χ1n) is 11.8. The van der Waals surface area contributed by atoms with Gasteiger partial charge in [-0.2, -0.15) is 0 Å². The van der Waals surface area contributed by atoms with E-state index in [0.29, 0.717) is 5.41 Å². The number of hydrogen-bond donors (Lipinski definition) is 2. The largest absolute Gasteiger partial charge is 0.394 e. The molecule has 164 valence electrons. The van der Waals surface area contributed by atoms with Gasteiger partial charge in [-0.15, -0.1) is 0 Å². The molecular weight excluding hydrogens is 378 g/mol. The van der Waals surface area contributed by atoms with Crippen LogP contribution in [0.15, 0.2) is 29.1 Å². The Labute approximate surface area is 178 Å². The molecule has 0 radical (unpaired) electrons. The standard InChI is InChI=1S/C24H35N3O3/c28-17-20(29)16-26-21-6-1-2-7-22(21)27(23(26)30)19-8-13-25(14-9-19)15-18-5-3-4-10-24(18)11-12-24/h1-2,6-7,18-20,28-29H,3-5,8-17H2/t18-,20-/m1/s1. The molecule has 0 unspecified atom stereocenters. The van der Waals surface area contributed by atoms with E-state index in [9.17, 15) is 15.0 Å². The molecule has 1 aromatic heterocycles. The highest BCUT2D eigenvalue weighted by atomic mass is 16.3. The van der Waals surface area contributed by atoms with Gasteiger partial charge < -0.3 is 15.1 Å². The summed E-state index contributed by atoms with van der Waals surface area (Å²) in [5.41, 5.74) is 2.41. The average molecular weight is 414 g/mol. The Morgan fingerprint density at radius 2 is 1.77 bits per heavy atom. The van der Waals surface area contributed by atoms with Crippen molar-refractivity contribution in [1.82, 2.24) is 14.0 Å². The molecule has 1 aliphatic heterocycles. The molecule has 1 saturated heterocycles. The second kappa shape index (κ2) is 8.13. The van der Waals surface area contributed by atoms with Crippen LogP contribution in [0.1, 0.15) is 57.4 Å². The van der Waals surface area contributed by atoms with E-state index in [1.54, 1.807) is 4.57 Å². The predicted octanol–water partition coefficient (Wildman–Crippen LogP) is 2.76. The summed E-state index contributed by atoms with van der Waals surface area (Å²) in [6.45, 7) is 3.15. The number of likely N-dealkylation sites (tertiary alicyclic amines) is 1. The van der Waals surface area contributed by atoms with Gasteiger partial charge in [0, 0.05) is 25.7 Å². The van der Waals surface area contributed by atoms with Crippen LogP contribution >= 0.6 is 0 Å². The van der Waals surface area contributed by atoms with E-state index in [2.05, 4.69) is 4.90 Å². The number of aromatic nitrogens is 2. The van der Waals surface area contributed by atoms with Gasteiger partial charge >= 0.3 is 5.69 Å². The molecule has 2 heterocycles. The van der Waals surface area contributed by atoms with Crippen molar-refractivity contribution in [3.63, 3.8) is 0 Å². The van der Waals surface area contributed by atoms with Crippen LogP contribution in [0.5, 0.6) is 0 Å². The SMILES string of the molecule is O=c1n(C[C@@H](O)CO)c2ccccc2n1C1CCN(C[C@H]2CCCCC23CC3)CC1. The van der Waals surface area contributed by atoms with E-state index in [0.717, 1.165) is 42.9 Å². The van der Waals surface area contributed by atoms with Crippen LogP contribution in [0, 0.1) is 11.3 Å².